The molecule has 0 saturated heterocycles. The Hall–Kier alpha value is -1.22. The van der Waals surface area contributed by atoms with Crippen LogP contribution in [0.15, 0.2) is 18.3 Å². The predicted molar refractivity (Wildman–Crippen MR) is 89.2 cm³/mol. The highest BCUT2D eigenvalue weighted by Gasteiger charge is 2.19. The second-order valence-corrected chi connectivity index (χ2v) is 7.00. The molecule has 0 spiro atoms. The number of imidazole rings is 1. The number of fused-ring (bicyclic) bond motifs is 1. The molecule has 2 aromatic heterocycles. The second kappa shape index (κ2) is 6.27. The van der Waals surface area contributed by atoms with Gasteiger partial charge in [-0.15, -0.1) is 0 Å². The van der Waals surface area contributed by atoms with Crippen molar-refractivity contribution in [3.05, 3.63) is 29.0 Å². The normalized spacial score (nSPS) is 16.8. The van der Waals surface area contributed by atoms with Gasteiger partial charge in [-0.2, -0.15) is 0 Å². The summed E-state index contributed by atoms with van der Waals surface area (Å²) in [6, 6.07) is 4.48. The molecule has 2 aromatic rings. The zero-order valence-electron chi connectivity index (χ0n) is 12.9. The topological polar surface area (TPSA) is 29.3 Å². The van der Waals surface area contributed by atoms with Crippen molar-refractivity contribution in [3.63, 3.8) is 0 Å². The molecule has 3 rings (SSSR count). The van der Waals surface area contributed by atoms with Crippen LogP contribution in [0.5, 0.6) is 0 Å². The Morgan fingerprint density at radius 2 is 2.05 bits per heavy atom. The van der Waals surface area contributed by atoms with Gasteiger partial charge in [0.1, 0.15) is 11.5 Å². The number of nitrogens with zero attached hydrogens (tertiary/aromatic N) is 2. The van der Waals surface area contributed by atoms with Crippen molar-refractivity contribution in [1.82, 2.24) is 9.38 Å². The third-order valence-corrected chi connectivity index (χ3v) is 4.43. The summed E-state index contributed by atoms with van der Waals surface area (Å²) in [5.41, 5.74) is 2.14. The molecule has 3 nitrogen and oxygen atoms in total. The van der Waals surface area contributed by atoms with Crippen molar-refractivity contribution in [2.24, 2.45) is 5.92 Å². The lowest BCUT2D eigenvalue weighted by molar-refractivity contribution is 0.461. The van der Waals surface area contributed by atoms with Crippen LogP contribution in [0.4, 0.5) is 5.82 Å². The summed E-state index contributed by atoms with van der Waals surface area (Å²) in [5, 5.41) is 4.50. The molecule has 1 saturated carbocycles. The van der Waals surface area contributed by atoms with E-state index in [0.717, 1.165) is 28.6 Å². The zero-order chi connectivity index (χ0) is 14.8. The van der Waals surface area contributed by atoms with E-state index < -0.39 is 0 Å². The molecule has 21 heavy (non-hydrogen) atoms. The average Bonchev–Trinajstić information content (AvgIpc) is 2.77. The molecule has 0 bridgehead atoms. The van der Waals surface area contributed by atoms with Crippen molar-refractivity contribution in [3.8, 4) is 0 Å². The first-order chi connectivity index (χ1) is 10.1. The van der Waals surface area contributed by atoms with Gasteiger partial charge in [0, 0.05) is 12.2 Å². The van der Waals surface area contributed by atoms with E-state index in [1.807, 2.05) is 18.3 Å². The number of anilines is 1. The van der Waals surface area contributed by atoms with E-state index in [1.165, 1.54) is 32.1 Å². The van der Waals surface area contributed by atoms with Gasteiger partial charge in [-0.05, 0) is 37.3 Å². The summed E-state index contributed by atoms with van der Waals surface area (Å²) in [6.07, 6.45) is 9.51. The van der Waals surface area contributed by atoms with Gasteiger partial charge in [0.15, 0.2) is 0 Å². The van der Waals surface area contributed by atoms with Crippen molar-refractivity contribution >= 4 is 23.1 Å². The van der Waals surface area contributed by atoms with Gasteiger partial charge in [-0.3, -0.25) is 4.40 Å². The Morgan fingerprint density at radius 3 is 2.76 bits per heavy atom. The Labute approximate surface area is 131 Å². The zero-order valence-corrected chi connectivity index (χ0v) is 13.7. The molecule has 2 heterocycles. The molecule has 4 heteroatoms. The number of rotatable bonds is 4. The van der Waals surface area contributed by atoms with Crippen LogP contribution in [0.25, 0.3) is 5.65 Å². The van der Waals surface area contributed by atoms with Crippen LogP contribution >= 0.6 is 11.6 Å². The fourth-order valence-electron chi connectivity index (χ4n) is 3.19. The fourth-order valence-corrected chi connectivity index (χ4v) is 3.35. The van der Waals surface area contributed by atoms with E-state index in [-0.39, 0.29) is 0 Å². The van der Waals surface area contributed by atoms with Crippen molar-refractivity contribution < 1.29 is 0 Å². The molecule has 0 aliphatic heterocycles. The Kier molecular flexibility index (Phi) is 4.39. The van der Waals surface area contributed by atoms with Gasteiger partial charge in [0.2, 0.25) is 0 Å². The minimum Gasteiger partial charge on any atom is -0.367 e. The summed E-state index contributed by atoms with van der Waals surface area (Å²) >= 11 is 6.17. The van der Waals surface area contributed by atoms with Crippen LogP contribution in [0.3, 0.4) is 0 Å². The molecule has 1 aliphatic carbocycles. The monoisotopic (exact) mass is 305 g/mol. The number of pyridine rings is 1. The molecule has 1 aliphatic rings. The largest absolute Gasteiger partial charge is 0.367 e. The molecule has 0 radical (unpaired) electrons. The van der Waals surface area contributed by atoms with E-state index in [0.29, 0.717) is 12.0 Å². The Bertz CT molecular complexity index is 612. The highest BCUT2D eigenvalue weighted by molar-refractivity contribution is 6.30. The van der Waals surface area contributed by atoms with Gasteiger partial charge < -0.3 is 5.32 Å². The van der Waals surface area contributed by atoms with Crippen molar-refractivity contribution in [1.29, 1.82) is 0 Å². The van der Waals surface area contributed by atoms with Crippen molar-refractivity contribution in [2.75, 3.05) is 5.32 Å². The smallest absolute Gasteiger partial charge is 0.138 e. The van der Waals surface area contributed by atoms with Gasteiger partial charge in [-0.25, -0.2) is 4.98 Å². The quantitative estimate of drug-likeness (QED) is 0.867. The van der Waals surface area contributed by atoms with Crippen LogP contribution in [0, 0.1) is 5.92 Å². The minimum atomic E-state index is 0.573. The van der Waals surface area contributed by atoms with Gasteiger partial charge in [-0.1, -0.05) is 44.7 Å². The lowest BCUT2D eigenvalue weighted by Gasteiger charge is -2.24. The summed E-state index contributed by atoms with van der Waals surface area (Å²) in [4.78, 5) is 4.80. The van der Waals surface area contributed by atoms with Gasteiger partial charge in [0.05, 0.1) is 10.7 Å². The molecule has 0 unspecified atom stereocenters. The summed E-state index contributed by atoms with van der Waals surface area (Å²) < 4.78 is 2.12. The first-order valence-electron chi connectivity index (χ1n) is 8.06. The summed E-state index contributed by atoms with van der Waals surface area (Å²) in [7, 11) is 0. The number of nitrogens with one attached hydrogen (secondary N) is 1. The average molecular weight is 306 g/mol. The first kappa shape index (κ1) is 14.7. The Balaban J connectivity index is 1.96. The summed E-state index contributed by atoms with van der Waals surface area (Å²) in [5.74, 6) is 1.74. The lowest BCUT2D eigenvalue weighted by Crippen LogP contribution is -2.23. The Morgan fingerprint density at radius 1 is 1.29 bits per heavy atom. The molecular formula is C17H24ClN3. The summed E-state index contributed by atoms with van der Waals surface area (Å²) in [6.45, 7) is 4.47. The highest BCUT2D eigenvalue weighted by Crippen LogP contribution is 2.27. The molecule has 1 fully saturated rings. The maximum Gasteiger partial charge on any atom is 0.138 e. The SMILES string of the molecule is CC(C)Cc1nc2ccc(Cl)cn2c1NC1CCCCC1. The fraction of sp³-hybridized carbons (Fsp3) is 0.588. The number of hydrogen-bond acceptors (Lipinski definition) is 2. The molecular weight excluding hydrogens is 282 g/mol. The molecule has 1 N–H and O–H groups in total. The third-order valence-electron chi connectivity index (χ3n) is 4.20. The molecule has 114 valence electrons. The van der Waals surface area contributed by atoms with Crippen LogP contribution < -0.4 is 5.32 Å². The highest BCUT2D eigenvalue weighted by atomic mass is 35.5. The maximum atomic E-state index is 6.17. The number of halogens is 1. The second-order valence-electron chi connectivity index (χ2n) is 6.56. The van der Waals surface area contributed by atoms with Crippen LogP contribution in [0.2, 0.25) is 5.02 Å². The number of hydrogen-bond donors (Lipinski definition) is 1. The first-order valence-corrected chi connectivity index (χ1v) is 8.44. The predicted octanol–water partition coefficient (Wildman–Crippen LogP) is 4.93. The standard InChI is InChI=1S/C17H24ClN3/c1-12(2)10-15-17(19-14-6-4-3-5-7-14)21-11-13(18)8-9-16(21)20-15/h8-9,11-12,14,19H,3-7,10H2,1-2H3. The van der Waals surface area contributed by atoms with Crippen LogP contribution in [0.1, 0.15) is 51.6 Å². The van der Waals surface area contributed by atoms with E-state index in [4.69, 9.17) is 16.6 Å². The van der Waals surface area contributed by atoms with Gasteiger partial charge in [0.25, 0.3) is 0 Å². The number of aromatic nitrogens is 2. The van der Waals surface area contributed by atoms with Gasteiger partial charge >= 0.3 is 0 Å². The minimum absolute atomic E-state index is 0.573. The van der Waals surface area contributed by atoms with Crippen molar-refractivity contribution in [2.45, 2.75) is 58.4 Å². The van der Waals surface area contributed by atoms with E-state index in [1.54, 1.807) is 0 Å². The third kappa shape index (κ3) is 3.34. The molecule has 0 amide bonds. The maximum absolute atomic E-state index is 6.17. The molecule has 0 atom stereocenters. The van der Waals surface area contributed by atoms with Crippen LogP contribution in [-0.2, 0) is 6.42 Å². The van der Waals surface area contributed by atoms with E-state index in [9.17, 15) is 0 Å². The molecule has 0 aromatic carbocycles. The van der Waals surface area contributed by atoms with E-state index in [2.05, 4.69) is 23.6 Å². The van der Waals surface area contributed by atoms with Crippen LogP contribution in [-0.4, -0.2) is 15.4 Å². The van der Waals surface area contributed by atoms with E-state index >= 15 is 0 Å². The lowest BCUT2D eigenvalue weighted by atomic mass is 9.95.